The molecular weight excluding hydrogens is 723 g/mol. The molecule has 0 amide bonds. The van der Waals surface area contributed by atoms with E-state index >= 15 is 0 Å². The molecule has 1 aliphatic rings. The molecule has 0 radical (unpaired) electrons. The van der Waals surface area contributed by atoms with Crippen LogP contribution < -0.4 is 20.9 Å². The fourth-order valence-corrected chi connectivity index (χ4v) is 7.27. The number of anilines is 2. The number of benzene rings is 3. The maximum Gasteiger partial charge on any atom is 0.417 e. The van der Waals surface area contributed by atoms with E-state index in [9.17, 15) is 35.7 Å². The second kappa shape index (κ2) is 15.8. The highest BCUT2D eigenvalue weighted by Gasteiger charge is 2.37. The summed E-state index contributed by atoms with van der Waals surface area (Å²) in [6.45, 7) is 1.44. The highest BCUT2D eigenvalue weighted by Crippen LogP contribution is 2.39. The first-order valence-electron chi connectivity index (χ1n) is 16.7. The standard InChI is InChI=1S/C37H36F6N6O3S/c1-48(2)17-18-53(51)28-11-12-29(32(20-28)37(41,42)43)30-19-24-21-45-35(46-25-7-9-26(10-8-25)52-27-13-15-44-16-14-27)47-33(24)49(34(30)50)22-23-5-3-4-6-31(23)36(38,39)40/h3-12,19-21,27,44H,13-18,22H2,1-2H3,(H,45,46,47). The highest BCUT2D eigenvalue weighted by atomic mass is 32.2. The van der Waals surface area contributed by atoms with Gasteiger partial charge in [0.2, 0.25) is 5.95 Å². The Labute approximate surface area is 304 Å². The molecule has 280 valence electrons. The number of piperidine rings is 1. The summed E-state index contributed by atoms with van der Waals surface area (Å²) in [5, 5.41) is 6.40. The fraction of sp³-hybridized carbons (Fsp3) is 0.324. The summed E-state index contributed by atoms with van der Waals surface area (Å²) in [7, 11) is 3.48. The van der Waals surface area contributed by atoms with Crippen LogP contribution in [0.1, 0.15) is 29.5 Å². The van der Waals surface area contributed by atoms with Crippen molar-refractivity contribution in [2.24, 2.45) is 0 Å². The van der Waals surface area contributed by atoms with Crippen molar-refractivity contribution in [2.45, 2.75) is 42.7 Å². The van der Waals surface area contributed by atoms with Gasteiger partial charge in [-0.25, -0.2) is 4.98 Å². The minimum atomic E-state index is -4.97. The van der Waals surface area contributed by atoms with Crippen molar-refractivity contribution in [1.82, 2.24) is 24.8 Å². The van der Waals surface area contributed by atoms with E-state index in [4.69, 9.17) is 4.74 Å². The van der Waals surface area contributed by atoms with Gasteiger partial charge in [-0.15, -0.1) is 0 Å². The third-order valence-corrected chi connectivity index (χ3v) is 10.1. The Hall–Kier alpha value is -4.64. The fourth-order valence-electron chi connectivity index (χ4n) is 6.03. The summed E-state index contributed by atoms with van der Waals surface area (Å²) in [4.78, 5) is 24.7. The van der Waals surface area contributed by atoms with Crippen molar-refractivity contribution in [1.29, 1.82) is 0 Å². The van der Waals surface area contributed by atoms with Crippen LogP contribution in [-0.2, 0) is 30.1 Å². The van der Waals surface area contributed by atoms with Gasteiger partial charge in [-0.1, -0.05) is 18.2 Å². The zero-order chi connectivity index (χ0) is 37.9. The van der Waals surface area contributed by atoms with E-state index < -0.39 is 57.9 Å². The summed E-state index contributed by atoms with van der Waals surface area (Å²) >= 11 is -1.77. The number of nitrogens with one attached hydrogen (secondary N) is 2. The number of ether oxygens (including phenoxy) is 1. The first-order chi connectivity index (χ1) is 25.2. The first kappa shape index (κ1) is 38.1. The van der Waals surface area contributed by atoms with Crippen molar-refractivity contribution in [3.63, 3.8) is 0 Å². The topological polar surface area (TPSA) is 107 Å². The van der Waals surface area contributed by atoms with Crippen LogP contribution in [-0.4, -0.2) is 69.6 Å². The number of nitrogens with zero attached hydrogens (tertiary/aromatic N) is 4. The van der Waals surface area contributed by atoms with Crippen LogP contribution in [0.3, 0.4) is 0 Å². The van der Waals surface area contributed by atoms with Crippen LogP contribution in [0.4, 0.5) is 38.0 Å². The van der Waals surface area contributed by atoms with Crippen molar-refractivity contribution in [3.05, 3.63) is 106 Å². The molecule has 1 unspecified atom stereocenters. The summed E-state index contributed by atoms with van der Waals surface area (Å²) in [6, 6.07) is 15.9. The van der Waals surface area contributed by atoms with E-state index in [1.165, 1.54) is 36.5 Å². The molecule has 1 saturated heterocycles. The number of pyridine rings is 1. The SMILES string of the molecule is CN(C)CC[S+]([O-])c1ccc(-c2cc3cnc(Nc4ccc(OC5CCNCC5)cc4)nc3n(Cc3ccccc3C(F)(F)F)c2=O)c(C(F)(F)F)c1. The molecule has 1 fully saturated rings. The maximum atomic E-state index is 14.6. The smallest absolute Gasteiger partial charge is 0.417 e. The molecule has 16 heteroatoms. The Morgan fingerprint density at radius 2 is 1.64 bits per heavy atom. The number of fused-ring (bicyclic) bond motifs is 1. The van der Waals surface area contributed by atoms with Crippen LogP contribution >= 0.6 is 0 Å². The Morgan fingerprint density at radius 3 is 2.32 bits per heavy atom. The molecule has 5 aromatic rings. The molecule has 3 heterocycles. The zero-order valence-electron chi connectivity index (χ0n) is 28.7. The number of rotatable bonds is 11. The number of hydrogen-bond donors (Lipinski definition) is 2. The van der Waals surface area contributed by atoms with Gasteiger partial charge < -0.3 is 24.8 Å². The van der Waals surface area contributed by atoms with Gasteiger partial charge >= 0.3 is 12.4 Å². The quantitative estimate of drug-likeness (QED) is 0.109. The van der Waals surface area contributed by atoms with E-state index in [1.54, 1.807) is 43.3 Å². The normalized spacial score (nSPS) is 14.8. The van der Waals surface area contributed by atoms with Gasteiger partial charge in [0.25, 0.3) is 5.56 Å². The van der Waals surface area contributed by atoms with Crippen molar-refractivity contribution >= 4 is 33.8 Å². The number of alkyl halides is 6. The average molecular weight is 759 g/mol. The maximum absolute atomic E-state index is 14.6. The lowest BCUT2D eigenvalue weighted by Gasteiger charge is -2.23. The second-order valence-electron chi connectivity index (χ2n) is 12.9. The summed E-state index contributed by atoms with van der Waals surface area (Å²) in [5.41, 5.74) is -4.03. The molecule has 9 nitrogen and oxygen atoms in total. The van der Waals surface area contributed by atoms with Crippen LogP contribution in [0.2, 0.25) is 0 Å². The van der Waals surface area contributed by atoms with Crippen LogP contribution in [0.15, 0.2) is 88.7 Å². The second-order valence-corrected chi connectivity index (χ2v) is 14.4. The van der Waals surface area contributed by atoms with Crippen LogP contribution in [0, 0.1) is 0 Å². The van der Waals surface area contributed by atoms with Gasteiger partial charge in [-0.05, 0) is 111 Å². The Bertz CT molecular complexity index is 2120. The van der Waals surface area contributed by atoms with E-state index in [-0.39, 0.29) is 39.3 Å². The summed E-state index contributed by atoms with van der Waals surface area (Å²) in [5.74, 6) is 0.738. The van der Waals surface area contributed by atoms with Gasteiger partial charge in [0.1, 0.15) is 23.3 Å². The molecule has 1 aliphatic heterocycles. The molecule has 6 rings (SSSR count). The Kier molecular flexibility index (Phi) is 11.3. The predicted molar refractivity (Wildman–Crippen MR) is 191 cm³/mol. The third kappa shape index (κ3) is 9.12. The van der Waals surface area contributed by atoms with E-state index in [0.29, 0.717) is 18.0 Å². The van der Waals surface area contributed by atoms with Crippen molar-refractivity contribution < 1.29 is 35.6 Å². The molecule has 2 aromatic heterocycles. The minimum Gasteiger partial charge on any atom is -0.611 e. The Morgan fingerprint density at radius 1 is 0.943 bits per heavy atom. The van der Waals surface area contributed by atoms with Gasteiger partial charge in [0.05, 0.1) is 17.7 Å². The lowest BCUT2D eigenvalue weighted by molar-refractivity contribution is -0.138. The number of aromatic nitrogens is 3. The molecule has 0 aliphatic carbocycles. The van der Waals surface area contributed by atoms with E-state index in [1.807, 2.05) is 0 Å². The minimum absolute atomic E-state index is 0.00457. The summed E-state index contributed by atoms with van der Waals surface area (Å²) in [6.07, 6.45) is -6.62. The van der Waals surface area contributed by atoms with Crippen molar-refractivity contribution in [3.8, 4) is 16.9 Å². The van der Waals surface area contributed by atoms with Crippen LogP contribution in [0.5, 0.6) is 5.75 Å². The first-order valence-corrected chi connectivity index (χ1v) is 18.0. The highest BCUT2D eigenvalue weighted by molar-refractivity contribution is 7.91. The molecule has 0 bridgehead atoms. The van der Waals surface area contributed by atoms with E-state index in [2.05, 4.69) is 20.6 Å². The summed E-state index contributed by atoms with van der Waals surface area (Å²) < 4.78 is 106. The van der Waals surface area contributed by atoms with Gasteiger partial charge in [0.15, 0.2) is 4.90 Å². The molecule has 53 heavy (non-hydrogen) atoms. The van der Waals surface area contributed by atoms with Gasteiger partial charge in [0, 0.05) is 35.4 Å². The zero-order valence-corrected chi connectivity index (χ0v) is 29.5. The van der Waals surface area contributed by atoms with Crippen LogP contribution in [0.25, 0.3) is 22.2 Å². The largest absolute Gasteiger partial charge is 0.611 e. The lowest BCUT2D eigenvalue weighted by Crippen LogP contribution is -2.34. The molecule has 0 saturated carbocycles. The van der Waals surface area contributed by atoms with Gasteiger partial charge in [-0.2, -0.15) is 31.3 Å². The monoisotopic (exact) mass is 758 g/mol. The molecule has 1 atom stereocenters. The third-order valence-electron chi connectivity index (χ3n) is 8.75. The van der Waals surface area contributed by atoms with Crippen molar-refractivity contribution in [2.75, 3.05) is 44.8 Å². The molecular formula is C37H36F6N6O3S. The van der Waals surface area contributed by atoms with Gasteiger partial charge in [-0.3, -0.25) is 9.36 Å². The predicted octanol–water partition coefficient (Wildman–Crippen LogP) is 7.09. The van der Waals surface area contributed by atoms with E-state index in [0.717, 1.165) is 48.7 Å². The number of halogens is 6. The molecule has 2 N–H and O–H groups in total. The lowest BCUT2D eigenvalue weighted by atomic mass is 9.99. The number of hydrogen-bond acceptors (Lipinski definition) is 8. The average Bonchev–Trinajstić information content (AvgIpc) is 3.12. The molecule has 3 aromatic carbocycles. The Balaban J connectivity index is 1.43. The molecule has 0 spiro atoms.